The Morgan fingerprint density at radius 2 is 1.77 bits per heavy atom. The summed E-state index contributed by atoms with van der Waals surface area (Å²) in [5, 5.41) is 7.24. The number of benzene rings is 3. The Kier molecular flexibility index (Phi) is 6.84. The number of carbonyl (C=O) groups excluding carboxylic acids is 1. The minimum absolute atomic E-state index is 0.189. The van der Waals surface area contributed by atoms with Crippen molar-refractivity contribution in [3.05, 3.63) is 111 Å². The summed E-state index contributed by atoms with van der Waals surface area (Å²) in [6, 6.07) is 23.1. The molecule has 31 heavy (non-hydrogen) atoms. The van der Waals surface area contributed by atoms with Crippen molar-refractivity contribution in [2.75, 3.05) is 5.32 Å². The van der Waals surface area contributed by atoms with Gasteiger partial charge in [-0.1, -0.05) is 52.3 Å². The van der Waals surface area contributed by atoms with E-state index in [1.54, 1.807) is 16.9 Å². The lowest BCUT2D eigenvalue weighted by Gasteiger charge is -2.09. The fourth-order valence-corrected chi connectivity index (χ4v) is 3.68. The summed E-state index contributed by atoms with van der Waals surface area (Å²) < 4.78 is 9.57. The van der Waals surface area contributed by atoms with Crippen molar-refractivity contribution in [2.24, 2.45) is 0 Å². The molecule has 5 nitrogen and oxygen atoms in total. The van der Waals surface area contributed by atoms with Crippen molar-refractivity contribution in [3.8, 4) is 5.75 Å². The molecule has 0 saturated carbocycles. The van der Waals surface area contributed by atoms with E-state index in [2.05, 4.69) is 42.3 Å². The smallest absolute Gasteiger partial charge is 0.255 e. The predicted octanol–water partition coefficient (Wildman–Crippen LogP) is 6.29. The molecule has 7 heteroatoms. The SMILES string of the molecule is O=C(Nc1cnn(Cc2ccc(Br)cc2)c1)c1cccc(COc2ccccc2Br)c1. The quantitative estimate of drug-likeness (QED) is 0.300. The first kappa shape index (κ1) is 21.3. The molecule has 0 spiro atoms. The maximum Gasteiger partial charge on any atom is 0.255 e. The average molecular weight is 541 g/mol. The van der Waals surface area contributed by atoms with Gasteiger partial charge in [-0.3, -0.25) is 9.48 Å². The van der Waals surface area contributed by atoms with Crippen molar-refractivity contribution in [2.45, 2.75) is 13.2 Å². The van der Waals surface area contributed by atoms with Gasteiger partial charge in [0.1, 0.15) is 12.4 Å². The van der Waals surface area contributed by atoms with Gasteiger partial charge in [-0.15, -0.1) is 0 Å². The molecule has 4 aromatic rings. The Bertz CT molecular complexity index is 1190. The molecule has 3 aromatic carbocycles. The summed E-state index contributed by atoms with van der Waals surface area (Å²) in [7, 11) is 0. The molecule has 1 heterocycles. The number of para-hydroxylation sites is 1. The van der Waals surface area contributed by atoms with E-state index in [0.29, 0.717) is 24.4 Å². The molecule has 0 atom stereocenters. The van der Waals surface area contributed by atoms with E-state index in [4.69, 9.17) is 4.74 Å². The standard InChI is InChI=1S/C24H19Br2N3O2/c25-20-10-8-17(9-11-20)14-29-15-21(13-27-29)28-24(30)19-5-3-4-18(12-19)16-31-23-7-2-1-6-22(23)26/h1-13,15H,14,16H2,(H,28,30). The summed E-state index contributed by atoms with van der Waals surface area (Å²) in [5.74, 6) is 0.571. The van der Waals surface area contributed by atoms with Gasteiger partial charge in [0.05, 0.1) is 22.9 Å². The Labute approximate surface area is 197 Å². The predicted molar refractivity (Wildman–Crippen MR) is 128 cm³/mol. The van der Waals surface area contributed by atoms with E-state index in [9.17, 15) is 4.79 Å². The molecule has 1 aromatic heterocycles. The minimum Gasteiger partial charge on any atom is -0.488 e. The molecule has 1 N–H and O–H groups in total. The first-order valence-corrected chi connectivity index (χ1v) is 11.2. The first-order chi connectivity index (χ1) is 15.1. The van der Waals surface area contributed by atoms with Crippen LogP contribution in [-0.2, 0) is 13.2 Å². The number of nitrogens with one attached hydrogen (secondary N) is 1. The fourth-order valence-electron chi connectivity index (χ4n) is 3.02. The van der Waals surface area contributed by atoms with Crippen molar-refractivity contribution in [1.82, 2.24) is 9.78 Å². The molecule has 156 valence electrons. The fraction of sp³-hybridized carbons (Fsp3) is 0.0833. The van der Waals surface area contributed by atoms with Crippen LogP contribution in [0.5, 0.6) is 5.75 Å². The lowest BCUT2D eigenvalue weighted by Crippen LogP contribution is -2.12. The van der Waals surface area contributed by atoms with Crippen LogP contribution in [0.25, 0.3) is 0 Å². The van der Waals surface area contributed by atoms with Gasteiger partial charge in [0.25, 0.3) is 5.91 Å². The molecule has 0 radical (unpaired) electrons. The number of carbonyl (C=O) groups is 1. The largest absolute Gasteiger partial charge is 0.488 e. The number of ether oxygens (including phenoxy) is 1. The second-order valence-corrected chi connectivity index (χ2v) is 8.70. The van der Waals surface area contributed by atoms with Gasteiger partial charge in [0.15, 0.2) is 0 Å². The number of amides is 1. The molecule has 0 aliphatic carbocycles. The number of aromatic nitrogens is 2. The zero-order valence-corrected chi connectivity index (χ0v) is 19.6. The molecular formula is C24H19Br2N3O2. The number of hydrogen-bond acceptors (Lipinski definition) is 3. The average Bonchev–Trinajstić information content (AvgIpc) is 3.21. The van der Waals surface area contributed by atoms with Gasteiger partial charge in [-0.25, -0.2) is 0 Å². The van der Waals surface area contributed by atoms with E-state index in [0.717, 1.165) is 25.8 Å². The van der Waals surface area contributed by atoms with Gasteiger partial charge in [0, 0.05) is 16.2 Å². The third-order valence-corrected chi connectivity index (χ3v) is 5.75. The normalized spacial score (nSPS) is 10.6. The molecule has 4 rings (SSSR count). The maximum absolute atomic E-state index is 12.7. The number of hydrogen-bond donors (Lipinski definition) is 1. The van der Waals surface area contributed by atoms with Gasteiger partial charge < -0.3 is 10.1 Å². The van der Waals surface area contributed by atoms with Crippen LogP contribution in [0.4, 0.5) is 5.69 Å². The van der Waals surface area contributed by atoms with Crippen molar-refractivity contribution in [1.29, 1.82) is 0 Å². The summed E-state index contributed by atoms with van der Waals surface area (Å²) in [4.78, 5) is 12.7. The zero-order chi connectivity index (χ0) is 21.6. The second-order valence-electron chi connectivity index (χ2n) is 6.93. The topological polar surface area (TPSA) is 56.2 Å². The van der Waals surface area contributed by atoms with Gasteiger partial charge in [-0.2, -0.15) is 5.10 Å². The highest BCUT2D eigenvalue weighted by Gasteiger charge is 2.09. The third kappa shape index (κ3) is 5.83. The van der Waals surface area contributed by atoms with Crippen LogP contribution in [0.1, 0.15) is 21.5 Å². The van der Waals surface area contributed by atoms with E-state index in [-0.39, 0.29) is 5.91 Å². The molecular weight excluding hydrogens is 522 g/mol. The van der Waals surface area contributed by atoms with Crippen molar-refractivity contribution >= 4 is 43.5 Å². The minimum atomic E-state index is -0.189. The van der Waals surface area contributed by atoms with E-state index < -0.39 is 0 Å². The molecule has 0 aliphatic rings. The molecule has 1 amide bonds. The lowest BCUT2D eigenvalue weighted by molar-refractivity contribution is 0.102. The number of nitrogens with zero attached hydrogens (tertiary/aromatic N) is 2. The lowest BCUT2D eigenvalue weighted by atomic mass is 10.1. The van der Waals surface area contributed by atoms with Crippen LogP contribution in [0.3, 0.4) is 0 Å². The molecule has 0 bridgehead atoms. The second kappa shape index (κ2) is 9.94. The highest BCUT2D eigenvalue weighted by molar-refractivity contribution is 9.10. The first-order valence-electron chi connectivity index (χ1n) is 9.61. The van der Waals surface area contributed by atoms with Crippen molar-refractivity contribution in [3.63, 3.8) is 0 Å². The molecule has 0 saturated heterocycles. The molecule has 0 aliphatic heterocycles. The summed E-state index contributed by atoms with van der Waals surface area (Å²) in [5.41, 5.74) is 3.25. The summed E-state index contributed by atoms with van der Waals surface area (Å²) in [6.45, 7) is 1.000. The number of halogens is 2. The third-order valence-electron chi connectivity index (χ3n) is 4.57. The van der Waals surface area contributed by atoms with Gasteiger partial charge in [-0.05, 0) is 63.5 Å². The summed E-state index contributed by atoms with van der Waals surface area (Å²) >= 11 is 6.91. The van der Waals surface area contributed by atoms with E-state index in [1.807, 2.05) is 72.9 Å². The van der Waals surface area contributed by atoms with E-state index >= 15 is 0 Å². The van der Waals surface area contributed by atoms with Crippen LogP contribution in [-0.4, -0.2) is 15.7 Å². The Morgan fingerprint density at radius 1 is 0.968 bits per heavy atom. The Hall–Kier alpha value is -2.90. The highest BCUT2D eigenvalue weighted by Crippen LogP contribution is 2.25. The van der Waals surface area contributed by atoms with Crippen LogP contribution in [0, 0.1) is 0 Å². The van der Waals surface area contributed by atoms with Crippen LogP contribution in [0.15, 0.2) is 94.1 Å². The highest BCUT2D eigenvalue weighted by atomic mass is 79.9. The Morgan fingerprint density at radius 3 is 2.58 bits per heavy atom. The maximum atomic E-state index is 12.7. The molecule has 0 unspecified atom stereocenters. The number of rotatable bonds is 7. The van der Waals surface area contributed by atoms with Gasteiger partial charge >= 0.3 is 0 Å². The monoisotopic (exact) mass is 539 g/mol. The molecule has 0 fully saturated rings. The number of anilines is 1. The van der Waals surface area contributed by atoms with Crippen molar-refractivity contribution < 1.29 is 9.53 Å². The summed E-state index contributed by atoms with van der Waals surface area (Å²) in [6.07, 6.45) is 3.47. The van der Waals surface area contributed by atoms with Crippen LogP contribution < -0.4 is 10.1 Å². The van der Waals surface area contributed by atoms with E-state index in [1.165, 1.54) is 0 Å². The van der Waals surface area contributed by atoms with Crippen LogP contribution >= 0.6 is 31.9 Å². The Balaban J connectivity index is 1.37. The van der Waals surface area contributed by atoms with Crippen LogP contribution in [0.2, 0.25) is 0 Å². The zero-order valence-electron chi connectivity index (χ0n) is 16.5. The van der Waals surface area contributed by atoms with Gasteiger partial charge in [0.2, 0.25) is 0 Å².